The van der Waals surface area contributed by atoms with Crippen LogP contribution in [-0.4, -0.2) is 17.1 Å². The van der Waals surface area contributed by atoms with Crippen LogP contribution in [0.3, 0.4) is 0 Å². The molecular formula is C31H27N3O3S. The van der Waals surface area contributed by atoms with E-state index in [9.17, 15) is 14.9 Å². The second-order valence-electron chi connectivity index (χ2n) is 8.80. The topological polar surface area (TPSA) is 84.1 Å². The summed E-state index contributed by atoms with van der Waals surface area (Å²) in [6.07, 6.45) is 3.42. The Labute approximate surface area is 225 Å². The molecule has 0 atom stereocenters. The minimum Gasteiger partial charge on any atom is -0.490 e. The first kappa shape index (κ1) is 26.4. The quantitative estimate of drug-likeness (QED) is 0.362. The number of aromatic nitrogens is 1. The van der Waals surface area contributed by atoms with Crippen molar-refractivity contribution in [1.82, 2.24) is 4.57 Å². The van der Waals surface area contributed by atoms with Crippen molar-refractivity contribution in [2.24, 2.45) is 0 Å². The van der Waals surface area contributed by atoms with Gasteiger partial charge in [-0.2, -0.15) is 5.26 Å². The summed E-state index contributed by atoms with van der Waals surface area (Å²) in [6, 6.07) is 22.3. The Morgan fingerprint density at radius 3 is 2.39 bits per heavy atom. The van der Waals surface area contributed by atoms with Crippen molar-refractivity contribution in [3.63, 3.8) is 0 Å². The van der Waals surface area contributed by atoms with E-state index in [0.29, 0.717) is 28.3 Å². The molecule has 0 spiro atoms. The average Bonchev–Trinajstić information content (AvgIpc) is 3.22. The molecule has 0 saturated heterocycles. The summed E-state index contributed by atoms with van der Waals surface area (Å²) in [5.74, 6) is 0.111. The summed E-state index contributed by atoms with van der Waals surface area (Å²) in [5, 5.41) is 12.8. The van der Waals surface area contributed by atoms with Crippen molar-refractivity contribution in [3.05, 3.63) is 121 Å². The second-order valence-corrected chi connectivity index (χ2v) is 9.83. The third-order valence-corrected chi connectivity index (χ3v) is 7.07. The van der Waals surface area contributed by atoms with Gasteiger partial charge in [-0.3, -0.25) is 14.2 Å². The van der Waals surface area contributed by atoms with E-state index in [1.807, 2.05) is 81.4 Å². The van der Waals surface area contributed by atoms with E-state index in [0.717, 1.165) is 33.6 Å². The molecule has 1 aromatic heterocycles. The van der Waals surface area contributed by atoms with Crippen LogP contribution in [0, 0.1) is 32.1 Å². The molecule has 1 amide bonds. The van der Waals surface area contributed by atoms with Crippen molar-refractivity contribution >= 4 is 34.6 Å². The van der Waals surface area contributed by atoms with Gasteiger partial charge >= 0.3 is 0 Å². The molecular weight excluding hydrogens is 494 g/mol. The van der Waals surface area contributed by atoms with Crippen molar-refractivity contribution in [3.8, 4) is 17.5 Å². The highest BCUT2D eigenvalue weighted by Gasteiger charge is 2.17. The zero-order chi connectivity index (χ0) is 27.2. The Morgan fingerprint density at radius 1 is 1.05 bits per heavy atom. The molecule has 4 aromatic rings. The van der Waals surface area contributed by atoms with Crippen LogP contribution < -0.4 is 24.8 Å². The highest BCUT2D eigenvalue weighted by molar-refractivity contribution is 7.07. The van der Waals surface area contributed by atoms with Crippen molar-refractivity contribution < 1.29 is 9.53 Å². The summed E-state index contributed by atoms with van der Waals surface area (Å²) < 4.78 is 7.64. The third-order valence-electron chi connectivity index (χ3n) is 5.98. The van der Waals surface area contributed by atoms with Gasteiger partial charge in [0, 0.05) is 5.69 Å². The van der Waals surface area contributed by atoms with Crippen LogP contribution >= 0.6 is 11.3 Å². The lowest BCUT2D eigenvalue weighted by Gasteiger charge is -2.08. The molecule has 0 unspecified atom stereocenters. The maximum Gasteiger partial charge on any atom is 0.273 e. The number of thiazole rings is 1. The number of nitriles is 1. The number of rotatable bonds is 7. The number of nitrogens with one attached hydrogen (secondary N) is 1. The standard InChI is InChI=1S/C31H27N3O3S/c1-5-16-37-26-14-9-23(10-15-26)18-28-30(36)34(25-13-8-21(3)22(4)17-25)31(38-28)27(19-32)29(35)33-24-11-6-20(2)7-12-24/h5-15,17-18H,1,16H2,2-4H3,(H,33,35). The molecule has 190 valence electrons. The second kappa shape index (κ2) is 11.6. The van der Waals surface area contributed by atoms with E-state index in [2.05, 4.69) is 11.9 Å². The molecule has 3 aromatic carbocycles. The predicted octanol–water partition coefficient (Wildman–Crippen LogP) is 4.53. The summed E-state index contributed by atoms with van der Waals surface area (Å²) in [4.78, 5) is 26.9. The lowest BCUT2D eigenvalue weighted by atomic mass is 10.1. The number of benzene rings is 3. The van der Waals surface area contributed by atoms with E-state index < -0.39 is 5.91 Å². The Balaban J connectivity index is 1.90. The molecule has 38 heavy (non-hydrogen) atoms. The van der Waals surface area contributed by atoms with Gasteiger partial charge in [0.25, 0.3) is 11.5 Å². The third kappa shape index (κ3) is 5.83. The van der Waals surface area contributed by atoms with Gasteiger partial charge in [-0.05, 0) is 79.9 Å². The first-order valence-electron chi connectivity index (χ1n) is 12.0. The lowest BCUT2D eigenvalue weighted by Crippen LogP contribution is -2.32. The van der Waals surface area contributed by atoms with Gasteiger partial charge in [0.2, 0.25) is 0 Å². The number of aryl methyl sites for hydroxylation is 3. The maximum atomic E-state index is 13.7. The van der Waals surface area contributed by atoms with Crippen LogP contribution in [0.4, 0.5) is 5.69 Å². The van der Waals surface area contributed by atoms with Crippen molar-refractivity contribution in [2.45, 2.75) is 20.8 Å². The highest BCUT2D eigenvalue weighted by Crippen LogP contribution is 2.15. The van der Waals surface area contributed by atoms with Crippen LogP contribution in [0.25, 0.3) is 17.3 Å². The van der Waals surface area contributed by atoms with Gasteiger partial charge in [-0.1, -0.05) is 48.6 Å². The fourth-order valence-electron chi connectivity index (χ4n) is 3.74. The minimum atomic E-state index is -0.578. The van der Waals surface area contributed by atoms with Gasteiger partial charge in [0.1, 0.15) is 23.1 Å². The SMILES string of the molecule is C=CCOc1ccc(C=c2sc(=C(C#N)C(=O)Nc3ccc(C)cc3)n(-c3ccc(C)c(C)c3)c2=O)cc1. The Kier molecular flexibility index (Phi) is 8.05. The largest absolute Gasteiger partial charge is 0.490 e. The number of amides is 1. The van der Waals surface area contributed by atoms with Crippen LogP contribution in [0.2, 0.25) is 0 Å². The molecule has 0 bridgehead atoms. The monoisotopic (exact) mass is 521 g/mol. The zero-order valence-corrected chi connectivity index (χ0v) is 22.3. The molecule has 0 aliphatic carbocycles. The maximum absolute atomic E-state index is 13.7. The molecule has 0 aliphatic heterocycles. The number of carbonyl (C=O) groups excluding carboxylic acids is 1. The molecule has 6 nitrogen and oxygen atoms in total. The van der Waals surface area contributed by atoms with Crippen LogP contribution in [0.1, 0.15) is 22.3 Å². The average molecular weight is 522 g/mol. The van der Waals surface area contributed by atoms with Crippen LogP contribution in [-0.2, 0) is 4.79 Å². The van der Waals surface area contributed by atoms with E-state index in [1.54, 1.807) is 24.3 Å². The molecule has 7 heteroatoms. The van der Waals surface area contributed by atoms with Crippen molar-refractivity contribution in [2.75, 3.05) is 11.9 Å². The van der Waals surface area contributed by atoms with Gasteiger partial charge in [0.15, 0.2) is 5.57 Å². The first-order valence-corrected chi connectivity index (χ1v) is 12.8. The van der Waals surface area contributed by atoms with E-state index in [-0.39, 0.29) is 15.8 Å². The molecule has 0 fully saturated rings. The van der Waals surface area contributed by atoms with E-state index in [4.69, 9.17) is 4.74 Å². The smallest absolute Gasteiger partial charge is 0.273 e. The minimum absolute atomic E-state index is 0.140. The molecule has 4 rings (SSSR count). The van der Waals surface area contributed by atoms with Crippen molar-refractivity contribution in [1.29, 1.82) is 5.26 Å². The predicted molar refractivity (Wildman–Crippen MR) is 153 cm³/mol. The number of nitrogens with zero attached hydrogens (tertiary/aromatic N) is 2. The zero-order valence-electron chi connectivity index (χ0n) is 21.4. The number of carbonyl (C=O) groups is 1. The molecule has 0 aliphatic rings. The van der Waals surface area contributed by atoms with Gasteiger partial charge in [0.05, 0.1) is 10.2 Å². The number of anilines is 1. The Bertz CT molecular complexity index is 1720. The van der Waals surface area contributed by atoms with Gasteiger partial charge in [-0.25, -0.2) is 0 Å². The number of hydrogen-bond donors (Lipinski definition) is 1. The van der Waals surface area contributed by atoms with Crippen LogP contribution in [0.5, 0.6) is 5.75 Å². The normalized spacial score (nSPS) is 12.0. The van der Waals surface area contributed by atoms with Crippen LogP contribution in [0.15, 0.2) is 84.2 Å². The van der Waals surface area contributed by atoms with Gasteiger partial charge in [-0.15, -0.1) is 11.3 Å². The van der Waals surface area contributed by atoms with E-state index in [1.165, 1.54) is 4.57 Å². The molecule has 0 radical (unpaired) electrons. The van der Waals surface area contributed by atoms with Gasteiger partial charge < -0.3 is 10.1 Å². The summed E-state index contributed by atoms with van der Waals surface area (Å²) in [6.45, 7) is 9.94. The first-order chi connectivity index (χ1) is 18.3. The highest BCUT2D eigenvalue weighted by atomic mass is 32.1. The Hall–Kier alpha value is -4.67. The Morgan fingerprint density at radius 2 is 1.76 bits per heavy atom. The molecule has 1 N–H and O–H groups in total. The molecule has 0 saturated carbocycles. The molecule has 1 heterocycles. The lowest BCUT2D eigenvalue weighted by molar-refractivity contribution is -0.111. The fraction of sp³-hybridized carbons (Fsp3) is 0.129. The van der Waals surface area contributed by atoms with E-state index >= 15 is 0 Å². The number of hydrogen-bond acceptors (Lipinski definition) is 5. The number of ether oxygens (including phenoxy) is 1. The summed E-state index contributed by atoms with van der Waals surface area (Å²) >= 11 is 1.11. The summed E-state index contributed by atoms with van der Waals surface area (Å²) in [5.41, 5.74) is 4.62. The summed E-state index contributed by atoms with van der Waals surface area (Å²) in [7, 11) is 0. The fourth-order valence-corrected chi connectivity index (χ4v) is 4.84.